The van der Waals surface area contributed by atoms with Crippen LogP contribution in [0.5, 0.6) is 0 Å². The topological polar surface area (TPSA) is 42.4 Å². The first kappa shape index (κ1) is 13.9. The molecule has 7 heteroatoms. The average Bonchev–Trinajstić information content (AvgIpc) is 2.90. The molecule has 2 aromatic carbocycles. The van der Waals surface area contributed by atoms with Crippen molar-refractivity contribution in [3.63, 3.8) is 0 Å². The molecule has 3 aromatic rings. The highest BCUT2D eigenvalue weighted by Crippen LogP contribution is 2.29. The fourth-order valence-electron chi connectivity index (χ4n) is 1.90. The van der Waals surface area contributed by atoms with Crippen molar-refractivity contribution >= 4 is 57.1 Å². The number of fused-ring (bicyclic) bond motifs is 1. The quantitative estimate of drug-likeness (QED) is 0.544. The van der Waals surface area contributed by atoms with Crippen LogP contribution in [0.15, 0.2) is 42.5 Å². The Morgan fingerprint density at radius 3 is 2.75 bits per heavy atom. The van der Waals surface area contributed by atoms with E-state index in [-0.39, 0.29) is 5.46 Å². The lowest BCUT2D eigenvalue weighted by Crippen LogP contribution is -2.33. The van der Waals surface area contributed by atoms with Gasteiger partial charge in [-0.3, -0.25) is 0 Å². The third-order valence-electron chi connectivity index (χ3n) is 2.89. The summed E-state index contributed by atoms with van der Waals surface area (Å²) >= 11 is 3.04. The lowest BCUT2D eigenvalue weighted by Gasteiger charge is -2.05. The summed E-state index contributed by atoms with van der Waals surface area (Å²) < 4.78 is 19.7. The molecule has 0 fully saturated rings. The van der Waals surface area contributed by atoms with E-state index >= 15 is 0 Å². The van der Waals surface area contributed by atoms with Crippen LogP contribution in [-0.2, 0) is 2.98 Å². The van der Waals surface area contributed by atoms with Crippen molar-refractivity contribution in [2.24, 2.45) is 0 Å². The second-order valence-corrected chi connectivity index (χ2v) is 5.70. The van der Waals surface area contributed by atoms with Crippen LogP contribution in [0.2, 0.25) is 0 Å². The van der Waals surface area contributed by atoms with E-state index in [9.17, 15) is 9.41 Å². The summed E-state index contributed by atoms with van der Waals surface area (Å²) in [6.45, 7) is 0. The van der Waals surface area contributed by atoms with Gasteiger partial charge in [-0.05, 0) is 18.2 Å². The van der Waals surface area contributed by atoms with Crippen LogP contribution in [0.25, 0.3) is 20.8 Å². The van der Waals surface area contributed by atoms with Gasteiger partial charge in [-0.1, -0.05) is 24.3 Å². The third kappa shape index (κ3) is 2.58. The van der Waals surface area contributed by atoms with Gasteiger partial charge in [0.1, 0.15) is 10.8 Å². The first-order chi connectivity index (χ1) is 9.69. The summed E-state index contributed by atoms with van der Waals surface area (Å²) in [7, 11) is -1.26. The van der Waals surface area contributed by atoms with Crippen molar-refractivity contribution in [1.29, 1.82) is 0 Å². The van der Waals surface area contributed by atoms with Gasteiger partial charge in [0.05, 0.1) is 33.2 Å². The first-order valence-corrected chi connectivity index (χ1v) is 7.49. The van der Waals surface area contributed by atoms with Crippen molar-refractivity contribution in [2.75, 3.05) is 0 Å². The molecular formula is C13H8BFINO2S. The number of aromatic nitrogens is 1. The molecule has 3 rings (SSSR count). The molecular weight excluding hydrogens is 391 g/mol. The van der Waals surface area contributed by atoms with E-state index in [4.69, 9.17) is 0 Å². The van der Waals surface area contributed by atoms with Gasteiger partial charge < -0.3 is 8.01 Å². The van der Waals surface area contributed by atoms with Crippen molar-refractivity contribution in [3.05, 3.63) is 48.3 Å². The second kappa shape index (κ2) is 5.76. The molecule has 0 aliphatic rings. The van der Waals surface area contributed by atoms with Crippen molar-refractivity contribution < 1.29 is 12.4 Å². The molecule has 3 nitrogen and oxygen atoms in total. The number of halogens is 2. The fraction of sp³-hybridized carbons (Fsp3) is 0. The Morgan fingerprint density at radius 2 is 2.05 bits per heavy atom. The Hall–Kier alpha value is -1.03. The summed E-state index contributed by atoms with van der Waals surface area (Å²) in [5, 5.41) is 10.3. The number of thiazole rings is 1. The van der Waals surface area contributed by atoms with Gasteiger partial charge >= 0.3 is 7.12 Å². The number of rotatable bonds is 3. The molecule has 1 heterocycles. The summed E-state index contributed by atoms with van der Waals surface area (Å²) in [6.07, 6.45) is 0. The molecule has 0 saturated heterocycles. The maximum absolute atomic E-state index is 14.0. The predicted octanol–water partition coefficient (Wildman–Crippen LogP) is 3.16. The summed E-state index contributed by atoms with van der Waals surface area (Å²) in [5.41, 5.74) is 1.70. The van der Waals surface area contributed by atoms with Gasteiger partial charge in [0.25, 0.3) is 0 Å². The van der Waals surface area contributed by atoms with Crippen LogP contribution in [-0.4, -0.2) is 17.1 Å². The number of benzene rings is 2. The van der Waals surface area contributed by atoms with Crippen LogP contribution in [0, 0.1) is 5.82 Å². The summed E-state index contributed by atoms with van der Waals surface area (Å²) in [5.74, 6) is -0.508. The Labute approximate surface area is 133 Å². The van der Waals surface area contributed by atoms with E-state index in [0.29, 0.717) is 5.56 Å². The van der Waals surface area contributed by atoms with E-state index in [1.165, 1.54) is 46.5 Å². The highest BCUT2D eigenvalue weighted by atomic mass is 127. The van der Waals surface area contributed by atoms with E-state index in [1.54, 1.807) is 6.07 Å². The molecule has 0 unspecified atom stereocenters. The smallest absolute Gasteiger partial charge is 0.423 e. The number of nitrogens with zero attached hydrogens (tertiary/aromatic N) is 1. The molecule has 0 aliphatic carbocycles. The van der Waals surface area contributed by atoms with Gasteiger partial charge in [0, 0.05) is 11.0 Å². The normalized spacial score (nSPS) is 10.9. The van der Waals surface area contributed by atoms with E-state index in [0.717, 1.165) is 15.2 Å². The fourth-order valence-corrected chi connectivity index (χ4v) is 3.14. The first-order valence-electron chi connectivity index (χ1n) is 5.80. The molecule has 0 bridgehead atoms. The Balaban J connectivity index is 2.04. The van der Waals surface area contributed by atoms with Gasteiger partial charge in [0.15, 0.2) is 0 Å². The van der Waals surface area contributed by atoms with E-state index in [1.807, 2.05) is 24.3 Å². The molecule has 100 valence electrons. The highest BCUT2D eigenvalue weighted by Gasteiger charge is 2.21. The number of hydrogen-bond acceptors (Lipinski definition) is 4. The molecule has 0 atom stereocenters. The molecule has 0 aliphatic heterocycles. The lowest BCUT2D eigenvalue weighted by atomic mass is 9.79. The lowest BCUT2D eigenvalue weighted by molar-refractivity contribution is 0.488. The van der Waals surface area contributed by atoms with Crippen molar-refractivity contribution in [3.8, 4) is 10.6 Å². The van der Waals surface area contributed by atoms with Crippen molar-refractivity contribution in [2.45, 2.75) is 0 Å². The predicted molar refractivity (Wildman–Crippen MR) is 87.7 cm³/mol. The van der Waals surface area contributed by atoms with Crippen LogP contribution in [0.3, 0.4) is 0 Å². The molecule has 0 radical (unpaired) electrons. The maximum atomic E-state index is 14.0. The number of hydrogen-bond donors (Lipinski definition) is 1. The van der Waals surface area contributed by atoms with Crippen LogP contribution >= 0.6 is 34.3 Å². The van der Waals surface area contributed by atoms with Crippen LogP contribution in [0.1, 0.15) is 0 Å². The van der Waals surface area contributed by atoms with Gasteiger partial charge in [-0.15, -0.1) is 11.3 Å². The monoisotopic (exact) mass is 399 g/mol. The van der Waals surface area contributed by atoms with Gasteiger partial charge in [-0.25, -0.2) is 9.37 Å². The van der Waals surface area contributed by atoms with Gasteiger partial charge in [0.2, 0.25) is 0 Å². The third-order valence-corrected chi connectivity index (χ3v) is 4.46. The molecule has 20 heavy (non-hydrogen) atoms. The molecule has 1 aromatic heterocycles. The van der Waals surface area contributed by atoms with Crippen molar-refractivity contribution in [1.82, 2.24) is 4.98 Å². The van der Waals surface area contributed by atoms with Crippen LogP contribution in [0.4, 0.5) is 4.39 Å². The Bertz CT molecular complexity index is 734. The van der Waals surface area contributed by atoms with Gasteiger partial charge in [-0.2, -0.15) is 0 Å². The molecule has 0 saturated carbocycles. The average molecular weight is 399 g/mol. The standard InChI is InChI=1S/C13H8BFINO2S/c15-10-7-8(5-6-9(10)14(18)19-16)13-17-11-3-1-2-4-12(11)20-13/h1-7,18H. The molecule has 0 spiro atoms. The zero-order valence-electron chi connectivity index (χ0n) is 10.1. The zero-order chi connectivity index (χ0) is 14.1. The molecule has 0 amide bonds. The largest absolute Gasteiger partial charge is 0.503 e. The molecule has 1 N–H and O–H groups in total. The SMILES string of the molecule is OB(OI)c1ccc(-c2nc3ccccc3s2)cc1F. The second-order valence-electron chi connectivity index (χ2n) is 4.16. The van der Waals surface area contributed by atoms with E-state index in [2.05, 4.69) is 7.97 Å². The van der Waals surface area contributed by atoms with Crippen LogP contribution < -0.4 is 5.46 Å². The Morgan fingerprint density at radius 1 is 1.25 bits per heavy atom. The highest BCUT2D eigenvalue weighted by molar-refractivity contribution is 14.1. The maximum Gasteiger partial charge on any atom is 0.503 e. The zero-order valence-corrected chi connectivity index (χ0v) is 13.1. The van der Waals surface area contributed by atoms with E-state index < -0.39 is 12.9 Å². The minimum Gasteiger partial charge on any atom is -0.423 e. The Kier molecular flexibility index (Phi) is 4.02. The number of para-hydroxylation sites is 1. The minimum absolute atomic E-state index is 0.115. The minimum atomic E-state index is -1.26. The summed E-state index contributed by atoms with van der Waals surface area (Å²) in [6, 6.07) is 12.4. The summed E-state index contributed by atoms with van der Waals surface area (Å²) in [4.78, 5) is 4.48.